The third kappa shape index (κ3) is 4.39. The summed E-state index contributed by atoms with van der Waals surface area (Å²) in [6, 6.07) is 13.3. The van der Waals surface area contributed by atoms with Crippen molar-refractivity contribution in [3.63, 3.8) is 0 Å². The Morgan fingerprint density at radius 3 is 2.75 bits per heavy atom. The van der Waals surface area contributed by atoms with Crippen molar-refractivity contribution in [3.8, 4) is 5.75 Å². The van der Waals surface area contributed by atoms with Crippen LogP contribution in [-0.2, 0) is 4.79 Å². The molecule has 0 unspecified atom stereocenters. The molecule has 1 aromatic carbocycles. The van der Waals surface area contributed by atoms with Gasteiger partial charge in [0.05, 0.1) is 13.0 Å². The van der Waals surface area contributed by atoms with Gasteiger partial charge in [0.2, 0.25) is 5.91 Å². The molecule has 0 aliphatic heterocycles. The van der Waals surface area contributed by atoms with Gasteiger partial charge in [-0.15, -0.1) is 0 Å². The lowest BCUT2D eigenvalue weighted by atomic mass is 10.2. The zero-order valence-electron chi connectivity index (χ0n) is 11.7. The molecule has 4 heteroatoms. The van der Waals surface area contributed by atoms with E-state index in [0.29, 0.717) is 18.8 Å². The number of carbonyl (C=O) groups excluding carboxylic acids is 1. The second kappa shape index (κ2) is 6.70. The molecule has 0 saturated carbocycles. The molecular formula is C16H18N2O2. The summed E-state index contributed by atoms with van der Waals surface area (Å²) in [5, 5.41) is 2.75. The average molecular weight is 270 g/mol. The van der Waals surface area contributed by atoms with Crippen LogP contribution in [0.15, 0.2) is 42.5 Å². The van der Waals surface area contributed by atoms with E-state index in [9.17, 15) is 4.79 Å². The molecule has 2 rings (SSSR count). The predicted octanol–water partition coefficient (Wildman–Crippen LogP) is 3.11. The van der Waals surface area contributed by atoms with Gasteiger partial charge in [-0.1, -0.05) is 18.2 Å². The van der Waals surface area contributed by atoms with Gasteiger partial charge < -0.3 is 10.1 Å². The summed E-state index contributed by atoms with van der Waals surface area (Å²) in [4.78, 5) is 16.0. The van der Waals surface area contributed by atoms with Gasteiger partial charge in [-0.3, -0.25) is 4.79 Å². The Bertz CT molecular complexity index is 597. The Hall–Kier alpha value is -2.36. The fourth-order valence-electron chi connectivity index (χ4n) is 1.78. The van der Waals surface area contributed by atoms with E-state index in [1.807, 2.05) is 50.2 Å². The monoisotopic (exact) mass is 270 g/mol. The number of hydrogen-bond acceptors (Lipinski definition) is 3. The fourth-order valence-corrected chi connectivity index (χ4v) is 1.78. The number of carbonyl (C=O) groups is 1. The summed E-state index contributed by atoms with van der Waals surface area (Å²) in [7, 11) is 0. The Balaban J connectivity index is 1.78. The molecule has 4 nitrogen and oxygen atoms in total. The number of amides is 1. The molecule has 0 aliphatic rings. The minimum atomic E-state index is -0.101. The largest absolute Gasteiger partial charge is 0.493 e. The number of nitrogens with one attached hydrogen (secondary N) is 1. The number of aromatic nitrogens is 1. The van der Waals surface area contributed by atoms with E-state index < -0.39 is 0 Å². The van der Waals surface area contributed by atoms with Crippen LogP contribution in [0.2, 0.25) is 0 Å². The van der Waals surface area contributed by atoms with E-state index in [4.69, 9.17) is 4.74 Å². The van der Waals surface area contributed by atoms with Crippen molar-refractivity contribution < 1.29 is 9.53 Å². The van der Waals surface area contributed by atoms with Crippen LogP contribution >= 0.6 is 0 Å². The first-order valence-electron chi connectivity index (χ1n) is 6.56. The van der Waals surface area contributed by atoms with Crippen LogP contribution in [0.4, 0.5) is 5.82 Å². The maximum atomic E-state index is 11.7. The second-order valence-corrected chi connectivity index (χ2v) is 4.63. The van der Waals surface area contributed by atoms with Gasteiger partial charge in [-0.05, 0) is 43.7 Å². The summed E-state index contributed by atoms with van der Waals surface area (Å²) in [6.45, 7) is 4.24. The Kier molecular flexibility index (Phi) is 4.71. The van der Waals surface area contributed by atoms with E-state index in [2.05, 4.69) is 10.3 Å². The number of anilines is 1. The zero-order chi connectivity index (χ0) is 14.4. The third-order valence-electron chi connectivity index (χ3n) is 2.74. The van der Waals surface area contributed by atoms with Crippen molar-refractivity contribution in [1.29, 1.82) is 0 Å². The fraction of sp³-hybridized carbons (Fsp3) is 0.250. The summed E-state index contributed by atoms with van der Waals surface area (Å²) < 4.78 is 5.54. The predicted molar refractivity (Wildman–Crippen MR) is 78.9 cm³/mol. The van der Waals surface area contributed by atoms with Crippen LogP contribution in [0.1, 0.15) is 17.7 Å². The first-order chi connectivity index (χ1) is 9.63. The van der Waals surface area contributed by atoms with Crippen molar-refractivity contribution in [3.05, 3.63) is 53.7 Å². The Labute approximate surface area is 118 Å². The topological polar surface area (TPSA) is 51.2 Å². The van der Waals surface area contributed by atoms with Gasteiger partial charge >= 0.3 is 0 Å². The lowest BCUT2D eigenvalue weighted by Crippen LogP contribution is -2.16. The van der Waals surface area contributed by atoms with Crippen molar-refractivity contribution in [2.24, 2.45) is 0 Å². The molecule has 1 amide bonds. The van der Waals surface area contributed by atoms with Crippen LogP contribution in [-0.4, -0.2) is 17.5 Å². The minimum absolute atomic E-state index is 0.101. The molecular weight excluding hydrogens is 252 g/mol. The highest BCUT2D eigenvalue weighted by molar-refractivity contribution is 5.89. The number of aryl methyl sites for hydroxylation is 2. The van der Waals surface area contributed by atoms with Crippen LogP contribution in [0.5, 0.6) is 5.75 Å². The van der Waals surface area contributed by atoms with Gasteiger partial charge in [-0.2, -0.15) is 0 Å². The number of nitrogens with zero attached hydrogens (tertiary/aromatic N) is 1. The highest BCUT2D eigenvalue weighted by atomic mass is 16.5. The molecule has 0 saturated heterocycles. The molecule has 2 aromatic rings. The molecule has 0 fully saturated rings. The third-order valence-corrected chi connectivity index (χ3v) is 2.74. The molecule has 104 valence electrons. The van der Waals surface area contributed by atoms with Crippen LogP contribution in [0, 0.1) is 13.8 Å². The number of hydrogen-bond donors (Lipinski definition) is 1. The first-order valence-corrected chi connectivity index (χ1v) is 6.56. The Morgan fingerprint density at radius 2 is 2.00 bits per heavy atom. The highest BCUT2D eigenvalue weighted by Crippen LogP contribution is 2.12. The van der Waals surface area contributed by atoms with Crippen molar-refractivity contribution in [2.75, 3.05) is 11.9 Å². The number of rotatable bonds is 5. The summed E-state index contributed by atoms with van der Waals surface area (Å²) in [6.07, 6.45) is 0.295. The lowest BCUT2D eigenvalue weighted by Gasteiger charge is -2.07. The molecule has 0 aliphatic carbocycles. The lowest BCUT2D eigenvalue weighted by molar-refractivity contribution is -0.116. The molecule has 1 heterocycles. The molecule has 0 radical (unpaired) electrons. The highest BCUT2D eigenvalue weighted by Gasteiger charge is 2.04. The van der Waals surface area contributed by atoms with E-state index >= 15 is 0 Å². The van der Waals surface area contributed by atoms with Crippen molar-refractivity contribution in [1.82, 2.24) is 4.98 Å². The molecule has 0 bridgehead atoms. The zero-order valence-corrected chi connectivity index (χ0v) is 11.7. The molecule has 1 aromatic heterocycles. The minimum Gasteiger partial charge on any atom is -0.493 e. The van der Waals surface area contributed by atoms with Gasteiger partial charge in [0.25, 0.3) is 0 Å². The molecule has 1 N–H and O–H groups in total. The average Bonchev–Trinajstić information content (AvgIpc) is 2.38. The summed E-state index contributed by atoms with van der Waals surface area (Å²) >= 11 is 0. The summed E-state index contributed by atoms with van der Waals surface area (Å²) in [5.41, 5.74) is 2.01. The van der Waals surface area contributed by atoms with E-state index in [-0.39, 0.29) is 5.91 Å². The number of benzene rings is 1. The quantitative estimate of drug-likeness (QED) is 0.908. The normalized spacial score (nSPS) is 10.1. The van der Waals surface area contributed by atoms with Crippen LogP contribution in [0.3, 0.4) is 0 Å². The van der Waals surface area contributed by atoms with Crippen molar-refractivity contribution in [2.45, 2.75) is 20.3 Å². The maximum Gasteiger partial charge on any atom is 0.228 e. The number of ether oxygens (including phenoxy) is 1. The van der Waals surface area contributed by atoms with Gasteiger partial charge in [0, 0.05) is 5.69 Å². The van der Waals surface area contributed by atoms with Gasteiger partial charge in [0.1, 0.15) is 11.6 Å². The maximum absolute atomic E-state index is 11.7. The second-order valence-electron chi connectivity index (χ2n) is 4.63. The van der Waals surface area contributed by atoms with Crippen LogP contribution in [0.25, 0.3) is 0 Å². The van der Waals surface area contributed by atoms with Gasteiger partial charge in [-0.25, -0.2) is 4.98 Å². The standard InChI is InChI=1S/C16H18N2O2/c1-12-5-3-7-14(11-12)20-10-9-16(19)18-15-8-4-6-13(2)17-15/h3-8,11H,9-10H2,1-2H3,(H,17,18,19). The number of pyridine rings is 1. The first kappa shape index (κ1) is 14.1. The molecule has 20 heavy (non-hydrogen) atoms. The molecule has 0 atom stereocenters. The van der Waals surface area contributed by atoms with E-state index in [0.717, 1.165) is 17.0 Å². The Morgan fingerprint density at radius 1 is 1.20 bits per heavy atom. The molecule has 0 spiro atoms. The van der Waals surface area contributed by atoms with E-state index in [1.165, 1.54) is 0 Å². The van der Waals surface area contributed by atoms with Crippen molar-refractivity contribution >= 4 is 11.7 Å². The van der Waals surface area contributed by atoms with Gasteiger partial charge in [0.15, 0.2) is 0 Å². The smallest absolute Gasteiger partial charge is 0.228 e. The summed E-state index contributed by atoms with van der Waals surface area (Å²) in [5.74, 6) is 1.26. The van der Waals surface area contributed by atoms with Crippen LogP contribution < -0.4 is 10.1 Å². The van der Waals surface area contributed by atoms with E-state index in [1.54, 1.807) is 6.07 Å². The SMILES string of the molecule is Cc1cccc(OCCC(=O)Nc2cccc(C)n2)c1.